The third-order valence-corrected chi connectivity index (χ3v) is 9.54. The van der Waals surface area contributed by atoms with E-state index in [-0.39, 0.29) is 53.9 Å². The molecule has 1 atom stereocenters. The van der Waals surface area contributed by atoms with Gasteiger partial charge in [0.05, 0.1) is 10.3 Å². The van der Waals surface area contributed by atoms with Crippen molar-refractivity contribution in [2.45, 2.75) is 17.6 Å². The highest BCUT2D eigenvalue weighted by molar-refractivity contribution is 7.92. The molecule has 0 aliphatic heterocycles. The Morgan fingerprint density at radius 1 is 1.13 bits per heavy atom. The van der Waals surface area contributed by atoms with Crippen LogP contribution in [0.3, 0.4) is 0 Å². The number of nitrogens with zero attached hydrogens (tertiary/aromatic N) is 1. The quantitative estimate of drug-likeness (QED) is 0.210. The minimum atomic E-state index is -4.74. The number of aryl methyl sites for hydroxylation is 1. The number of rotatable bonds is 13. The number of hydrogen-bond acceptors (Lipinski definition) is 10. The molecule has 11 nitrogen and oxygen atoms in total. The highest BCUT2D eigenvalue weighted by Gasteiger charge is 2.33. The predicted octanol–water partition coefficient (Wildman–Crippen LogP) is 2.93. The molecule has 39 heavy (non-hydrogen) atoms. The lowest BCUT2D eigenvalue weighted by atomic mass is 10.1. The number of hydrogen-bond donors (Lipinski definition) is 4. The van der Waals surface area contributed by atoms with Crippen LogP contribution in [0.2, 0.25) is 0 Å². The van der Waals surface area contributed by atoms with E-state index in [9.17, 15) is 22.3 Å². The average molecular weight is 609 g/mol. The number of benzene rings is 2. The SMILES string of the molecule is CCc1c(S(=O)(=O)NCP(=O)(O)Oc2ccc(C#N)c(F)c2)sc2c(F)c(OCCN)c(OCCN)c(F)c12. The van der Waals surface area contributed by atoms with Gasteiger partial charge in [-0.2, -0.15) is 9.98 Å². The molecule has 1 heterocycles. The Balaban J connectivity index is 1.99. The molecule has 3 rings (SSSR count). The van der Waals surface area contributed by atoms with E-state index in [1.54, 1.807) is 6.07 Å². The van der Waals surface area contributed by atoms with Crippen molar-refractivity contribution in [1.29, 1.82) is 5.26 Å². The van der Waals surface area contributed by atoms with Gasteiger partial charge in [0, 0.05) is 24.5 Å². The fraction of sp³-hybridized carbons (Fsp3) is 0.318. The summed E-state index contributed by atoms with van der Waals surface area (Å²) in [5.41, 5.74) is 10.4. The summed E-state index contributed by atoms with van der Waals surface area (Å²) in [6.07, 6.45) is -1.22. The topological polar surface area (TPSA) is 187 Å². The van der Waals surface area contributed by atoms with Crippen molar-refractivity contribution in [1.82, 2.24) is 4.72 Å². The third kappa shape index (κ3) is 6.64. The van der Waals surface area contributed by atoms with Crippen molar-refractivity contribution >= 4 is 39.0 Å². The van der Waals surface area contributed by atoms with Gasteiger partial charge in [-0.25, -0.2) is 26.2 Å². The first-order valence-electron chi connectivity index (χ1n) is 11.2. The van der Waals surface area contributed by atoms with Crippen molar-refractivity contribution in [3.8, 4) is 23.3 Å². The normalized spacial score (nSPS) is 13.2. The average Bonchev–Trinajstić information content (AvgIpc) is 3.29. The van der Waals surface area contributed by atoms with Gasteiger partial charge >= 0.3 is 7.60 Å². The number of thiophene rings is 1. The molecule has 1 unspecified atom stereocenters. The second kappa shape index (κ2) is 12.5. The zero-order valence-corrected chi connectivity index (χ0v) is 22.9. The Bertz CT molecular complexity index is 1580. The molecular weight excluding hydrogens is 584 g/mol. The highest BCUT2D eigenvalue weighted by atomic mass is 32.2. The Kier molecular flexibility index (Phi) is 9.83. The largest absolute Gasteiger partial charge is 0.486 e. The van der Waals surface area contributed by atoms with Crippen LogP contribution in [0, 0.1) is 28.8 Å². The molecule has 0 bridgehead atoms. The molecule has 6 N–H and O–H groups in total. The number of ether oxygens (including phenoxy) is 2. The third-order valence-electron chi connectivity index (χ3n) is 5.08. The van der Waals surface area contributed by atoms with Crippen LogP contribution in [0.15, 0.2) is 22.4 Å². The van der Waals surface area contributed by atoms with Crippen LogP contribution in [0.5, 0.6) is 17.2 Å². The number of halogens is 3. The second-order valence-electron chi connectivity index (χ2n) is 7.77. The standard InChI is InChI=1S/C22H24F3N4O7PS2/c1-2-14-16-17(24)19(34-7-5-26)20(35-8-6-27)18(25)21(16)38-22(14)39(32,33)29-11-37(30,31)36-13-4-3-12(10-28)15(23)9-13/h3-4,9,29H,2,5-8,11,26-27H2,1H3,(H,30,31). The van der Waals surface area contributed by atoms with Crippen molar-refractivity contribution in [2.75, 3.05) is 32.6 Å². The second-order valence-corrected chi connectivity index (χ2v) is 12.5. The van der Waals surface area contributed by atoms with Gasteiger partial charge < -0.3 is 30.4 Å². The maximum absolute atomic E-state index is 15.6. The number of nitriles is 1. The number of sulfonamides is 1. The molecule has 212 valence electrons. The minimum Gasteiger partial charge on any atom is -0.486 e. The molecule has 3 aromatic rings. The van der Waals surface area contributed by atoms with Crippen LogP contribution >= 0.6 is 18.9 Å². The maximum atomic E-state index is 15.6. The molecule has 0 radical (unpaired) electrons. The zero-order valence-electron chi connectivity index (χ0n) is 20.4. The lowest BCUT2D eigenvalue weighted by molar-refractivity contribution is 0.258. The van der Waals surface area contributed by atoms with E-state index in [1.807, 2.05) is 4.72 Å². The summed E-state index contributed by atoms with van der Waals surface area (Å²) >= 11 is 0.388. The summed E-state index contributed by atoms with van der Waals surface area (Å²) in [6.45, 7) is 1.09. The van der Waals surface area contributed by atoms with Gasteiger partial charge in [-0.15, -0.1) is 11.3 Å². The lowest BCUT2D eigenvalue weighted by Gasteiger charge is -2.15. The van der Waals surface area contributed by atoms with Crippen LogP contribution < -0.4 is 30.2 Å². The van der Waals surface area contributed by atoms with Crippen LogP contribution in [0.4, 0.5) is 13.2 Å². The number of nitrogens with one attached hydrogen (secondary N) is 1. The molecule has 2 aromatic carbocycles. The first kappa shape index (κ1) is 30.6. The summed E-state index contributed by atoms with van der Waals surface area (Å²) in [5, 5.41) is 8.42. The first-order valence-corrected chi connectivity index (χ1v) is 15.3. The molecule has 0 fully saturated rings. The fourth-order valence-corrected chi connectivity index (χ4v) is 7.90. The molecular formula is C22H24F3N4O7PS2. The molecule has 0 aliphatic carbocycles. The lowest BCUT2D eigenvalue weighted by Crippen LogP contribution is -2.26. The van der Waals surface area contributed by atoms with Gasteiger partial charge in [-0.05, 0) is 24.1 Å². The molecule has 0 spiro atoms. The van der Waals surface area contributed by atoms with Crippen LogP contribution in [0.1, 0.15) is 18.1 Å². The molecule has 0 aliphatic rings. The van der Waals surface area contributed by atoms with E-state index in [0.29, 0.717) is 17.4 Å². The van der Waals surface area contributed by atoms with Crippen LogP contribution in [0.25, 0.3) is 10.1 Å². The van der Waals surface area contributed by atoms with Gasteiger partial charge in [0.1, 0.15) is 41.3 Å². The highest BCUT2D eigenvalue weighted by Crippen LogP contribution is 2.47. The van der Waals surface area contributed by atoms with Crippen molar-refractivity contribution in [3.63, 3.8) is 0 Å². The summed E-state index contributed by atoms with van der Waals surface area (Å²) in [5.74, 6) is -4.77. The van der Waals surface area contributed by atoms with Gasteiger partial charge in [0.2, 0.25) is 11.5 Å². The van der Waals surface area contributed by atoms with E-state index in [1.165, 1.54) is 6.92 Å². The Hall–Kier alpha value is -2.90. The Morgan fingerprint density at radius 3 is 2.28 bits per heavy atom. The van der Waals surface area contributed by atoms with Crippen LogP contribution in [-0.4, -0.2) is 45.9 Å². The van der Waals surface area contributed by atoms with Crippen LogP contribution in [-0.2, 0) is 21.0 Å². The summed E-state index contributed by atoms with van der Waals surface area (Å²) < 4.78 is 100. The predicted molar refractivity (Wildman–Crippen MR) is 137 cm³/mol. The van der Waals surface area contributed by atoms with Crippen molar-refractivity contribution in [3.05, 3.63) is 46.8 Å². The van der Waals surface area contributed by atoms with E-state index < -0.39 is 62.8 Å². The summed E-state index contributed by atoms with van der Waals surface area (Å²) in [6, 6.07) is 4.33. The van der Waals surface area contributed by atoms with E-state index >= 15 is 8.78 Å². The van der Waals surface area contributed by atoms with E-state index in [0.717, 1.165) is 12.1 Å². The summed E-state index contributed by atoms with van der Waals surface area (Å²) in [4.78, 5) is 10.1. The monoisotopic (exact) mass is 608 g/mol. The summed E-state index contributed by atoms with van der Waals surface area (Å²) in [7, 11) is -9.36. The van der Waals surface area contributed by atoms with Gasteiger partial charge in [0.15, 0.2) is 11.6 Å². The molecule has 0 saturated carbocycles. The molecule has 0 amide bonds. The number of nitrogens with two attached hydrogens (primary N) is 2. The van der Waals surface area contributed by atoms with E-state index in [4.69, 9.17) is 30.7 Å². The van der Waals surface area contributed by atoms with Crippen molar-refractivity contribution in [2.24, 2.45) is 11.5 Å². The smallest absolute Gasteiger partial charge is 0.391 e. The van der Waals surface area contributed by atoms with E-state index in [2.05, 4.69) is 0 Å². The van der Waals surface area contributed by atoms with Gasteiger partial charge in [-0.1, -0.05) is 6.92 Å². The number of fused-ring (bicyclic) bond motifs is 1. The van der Waals surface area contributed by atoms with Crippen molar-refractivity contribution < 1.29 is 45.0 Å². The fourth-order valence-electron chi connectivity index (χ4n) is 3.44. The Labute approximate surface area is 225 Å². The zero-order chi connectivity index (χ0) is 29.0. The maximum Gasteiger partial charge on any atom is 0.391 e. The van der Waals surface area contributed by atoms with Gasteiger partial charge in [-0.3, -0.25) is 0 Å². The molecule has 17 heteroatoms. The first-order chi connectivity index (χ1) is 18.4. The molecule has 0 saturated heterocycles. The Morgan fingerprint density at radius 2 is 1.74 bits per heavy atom. The van der Waals surface area contributed by atoms with Gasteiger partial charge in [0.25, 0.3) is 10.0 Å². The molecule has 1 aromatic heterocycles. The minimum absolute atomic E-state index is 0.0258.